The molecular formula is C17H20O. The van der Waals surface area contributed by atoms with Gasteiger partial charge < -0.3 is 4.74 Å². The number of rotatable bonds is 4. The van der Waals surface area contributed by atoms with E-state index in [-0.39, 0.29) is 0 Å². The molecule has 2 rings (SSSR count). The second kappa shape index (κ2) is 6.25. The molecule has 1 aromatic rings. The topological polar surface area (TPSA) is 9.23 Å². The lowest BCUT2D eigenvalue weighted by atomic mass is 10.1. The van der Waals surface area contributed by atoms with Gasteiger partial charge in [-0.2, -0.15) is 0 Å². The van der Waals surface area contributed by atoms with Crippen LogP contribution in [-0.4, -0.2) is 6.61 Å². The lowest BCUT2D eigenvalue weighted by Gasteiger charge is -2.08. The molecule has 1 aliphatic rings. The predicted molar refractivity (Wildman–Crippen MR) is 76.9 cm³/mol. The van der Waals surface area contributed by atoms with Crippen LogP contribution in [0.3, 0.4) is 0 Å². The van der Waals surface area contributed by atoms with Crippen molar-refractivity contribution in [2.75, 3.05) is 6.61 Å². The first-order valence-corrected chi connectivity index (χ1v) is 6.52. The number of allylic oxidation sites excluding steroid dienone is 5. The van der Waals surface area contributed by atoms with Crippen LogP contribution in [0, 0.1) is 6.92 Å². The average Bonchev–Trinajstić information content (AvgIpc) is 2.63. The van der Waals surface area contributed by atoms with Crippen molar-refractivity contribution in [3.05, 3.63) is 65.3 Å². The van der Waals surface area contributed by atoms with E-state index in [0.29, 0.717) is 6.61 Å². The van der Waals surface area contributed by atoms with Crippen LogP contribution >= 0.6 is 0 Å². The van der Waals surface area contributed by atoms with Gasteiger partial charge in [-0.05, 0) is 37.5 Å². The Hall–Kier alpha value is -1.76. The number of aryl methyl sites for hydroxylation is 1. The summed E-state index contributed by atoms with van der Waals surface area (Å²) in [5, 5.41) is 0. The van der Waals surface area contributed by atoms with Gasteiger partial charge in [0.2, 0.25) is 0 Å². The van der Waals surface area contributed by atoms with Crippen molar-refractivity contribution in [2.45, 2.75) is 26.7 Å². The standard InChI is InChI=1S/C17H20O/c1-3-15-5-4-6-16(10-9-15)13-18-17-11-7-14(2)8-12-17/h4-9,11-12H,3,10,13H2,1-2H3. The number of hydrogen-bond donors (Lipinski definition) is 0. The normalized spacial score (nSPS) is 14.8. The van der Waals surface area contributed by atoms with Gasteiger partial charge >= 0.3 is 0 Å². The van der Waals surface area contributed by atoms with Crippen molar-refractivity contribution in [3.63, 3.8) is 0 Å². The maximum atomic E-state index is 5.79. The fourth-order valence-electron chi connectivity index (χ4n) is 1.89. The van der Waals surface area contributed by atoms with Crippen molar-refractivity contribution in [1.82, 2.24) is 0 Å². The molecule has 18 heavy (non-hydrogen) atoms. The van der Waals surface area contributed by atoms with Gasteiger partial charge in [0.05, 0.1) is 0 Å². The zero-order valence-electron chi connectivity index (χ0n) is 11.1. The van der Waals surface area contributed by atoms with Crippen LogP contribution < -0.4 is 4.74 Å². The second-order valence-corrected chi connectivity index (χ2v) is 4.62. The Kier molecular flexibility index (Phi) is 4.40. The molecule has 0 N–H and O–H groups in total. The SMILES string of the molecule is CCC1=CCC(COc2ccc(C)cc2)=CC=C1. The maximum Gasteiger partial charge on any atom is 0.119 e. The van der Waals surface area contributed by atoms with Gasteiger partial charge in [-0.3, -0.25) is 0 Å². The van der Waals surface area contributed by atoms with Gasteiger partial charge in [-0.1, -0.05) is 54.5 Å². The third-order valence-electron chi connectivity index (χ3n) is 3.12. The number of benzene rings is 1. The Morgan fingerprint density at radius 1 is 1.17 bits per heavy atom. The summed E-state index contributed by atoms with van der Waals surface area (Å²) in [6.45, 7) is 4.93. The summed E-state index contributed by atoms with van der Waals surface area (Å²) in [6, 6.07) is 8.20. The van der Waals surface area contributed by atoms with Gasteiger partial charge in [0, 0.05) is 0 Å². The molecule has 1 heteroatoms. The zero-order valence-corrected chi connectivity index (χ0v) is 11.1. The average molecular weight is 240 g/mol. The Balaban J connectivity index is 1.91. The summed E-state index contributed by atoms with van der Waals surface area (Å²) in [5.74, 6) is 0.939. The van der Waals surface area contributed by atoms with E-state index in [1.807, 2.05) is 12.1 Å². The minimum Gasteiger partial charge on any atom is -0.489 e. The van der Waals surface area contributed by atoms with Crippen LogP contribution in [0.1, 0.15) is 25.3 Å². The number of ether oxygens (including phenoxy) is 1. The molecule has 1 aliphatic carbocycles. The molecule has 0 spiro atoms. The van der Waals surface area contributed by atoms with Crippen molar-refractivity contribution in [1.29, 1.82) is 0 Å². The molecule has 94 valence electrons. The van der Waals surface area contributed by atoms with Gasteiger partial charge in [0.1, 0.15) is 12.4 Å². The molecule has 0 radical (unpaired) electrons. The Labute approximate surface area is 109 Å². The lowest BCUT2D eigenvalue weighted by Crippen LogP contribution is -2.00. The fraction of sp³-hybridized carbons (Fsp3) is 0.294. The van der Waals surface area contributed by atoms with E-state index in [4.69, 9.17) is 4.74 Å². The van der Waals surface area contributed by atoms with E-state index in [0.717, 1.165) is 18.6 Å². The first-order valence-electron chi connectivity index (χ1n) is 6.52. The van der Waals surface area contributed by atoms with Crippen LogP contribution in [-0.2, 0) is 0 Å². The highest BCUT2D eigenvalue weighted by Crippen LogP contribution is 2.17. The van der Waals surface area contributed by atoms with Crippen LogP contribution in [0.2, 0.25) is 0 Å². The zero-order chi connectivity index (χ0) is 12.8. The quantitative estimate of drug-likeness (QED) is 0.747. The molecule has 0 aliphatic heterocycles. The molecule has 1 aromatic carbocycles. The maximum absolute atomic E-state index is 5.79. The summed E-state index contributed by atoms with van der Waals surface area (Å²) in [5.41, 5.74) is 3.97. The molecule has 0 amide bonds. The monoisotopic (exact) mass is 240 g/mol. The minimum absolute atomic E-state index is 0.668. The molecule has 0 fully saturated rings. The highest BCUT2D eigenvalue weighted by Gasteiger charge is 2.01. The van der Waals surface area contributed by atoms with E-state index in [1.165, 1.54) is 16.7 Å². The first kappa shape index (κ1) is 12.7. The van der Waals surface area contributed by atoms with Crippen LogP contribution in [0.4, 0.5) is 0 Å². The molecular weight excluding hydrogens is 220 g/mol. The van der Waals surface area contributed by atoms with Gasteiger partial charge in [-0.25, -0.2) is 0 Å². The van der Waals surface area contributed by atoms with Crippen LogP contribution in [0.25, 0.3) is 0 Å². The number of hydrogen-bond acceptors (Lipinski definition) is 1. The predicted octanol–water partition coefficient (Wildman–Crippen LogP) is 4.60. The van der Waals surface area contributed by atoms with Crippen LogP contribution in [0.15, 0.2) is 59.7 Å². The molecule has 0 aromatic heterocycles. The molecule has 0 atom stereocenters. The largest absolute Gasteiger partial charge is 0.489 e. The summed E-state index contributed by atoms with van der Waals surface area (Å²) in [4.78, 5) is 0. The van der Waals surface area contributed by atoms with Crippen molar-refractivity contribution >= 4 is 0 Å². The third kappa shape index (κ3) is 3.63. The highest BCUT2D eigenvalue weighted by atomic mass is 16.5. The Bertz CT molecular complexity index is 475. The van der Waals surface area contributed by atoms with E-state index in [2.05, 4.69) is 50.3 Å². The van der Waals surface area contributed by atoms with E-state index in [9.17, 15) is 0 Å². The van der Waals surface area contributed by atoms with Gasteiger partial charge in [-0.15, -0.1) is 0 Å². The summed E-state index contributed by atoms with van der Waals surface area (Å²) in [6.07, 6.45) is 10.8. The molecule has 0 saturated heterocycles. The molecule has 0 unspecified atom stereocenters. The van der Waals surface area contributed by atoms with E-state index < -0.39 is 0 Å². The van der Waals surface area contributed by atoms with Crippen LogP contribution in [0.5, 0.6) is 5.75 Å². The van der Waals surface area contributed by atoms with Crippen molar-refractivity contribution < 1.29 is 4.74 Å². The highest BCUT2D eigenvalue weighted by molar-refractivity contribution is 5.31. The van der Waals surface area contributed by atoms with Crippen molar-refractivity contribution in [3.8, 4) is 5.75 Å². The second-order valence-electron chi connectivity index (χ2n) is 4.62. The first-order chi connectivity index (χ1) is 8.78. The fourth-order valence-corrected chi connectivity index (χ4v) is 1.89. The summed E-state index contributed by atoms with van der Waals surface area (Å²) >= 11 is 0. The molecule has 0 saturated carbocycles. The lowest BCUT2D eigenvalue weighted by molar-refractivity contribution is 0.350. The smallest absolute Gasteiger partial charge is 0.119 e. The van der Waals surface area contributed by atoms with E-state index in [1.54, 1.807) is 0 Å². The molecule has 1 nitrogen and oxygen atoms in total. The Morgan fingerprint density at radius 3 is 2.67 bits per heavy atom. The van der Waals surface area contributed by atoms with Gasteiger partial charge in [0.15, 0.2) is 0 Å². The Morgan fingerprint density at radius 2 is 1.94 bits per heavy atom. The minimum atomic E-state index is 0.668. The van der Waals surface area contributed by atoms with Crippen molar-refractivity contribution in [2.24, 2.45) is 0 Å². The molecule has 0 bridgehead atoms. The third-order valence-corrected chi connectivity index (χ3v) is 3.12. The van der Waals surface area contributed by atoms with E-state index >= 15 is 0 Å². The summed E-state index contributed by atoms with van der Waals surface area (Å²) in [7, 11) is 0. The van der Waals surface area contributed by atoms with Gasteiger partial charge in [0.25, 0.3) is 0 Å². The molecule has 0 heterocycles. The summed E-state index contributed by atoms with van der Waals surface area (Å²) < 4.78 is 5.79.